The van der Waals surface area contributed by atoms with Crippen LogP contribution in [0.1, 0.15) is 27.2 Å². The van der Waals surface area contributed by atoms with Crippen LogP contribution in [-0.4, -0.2) is 66.3 Å². The van der Waals surface area contributed by atoms with E-state index in [1.165, 1.54) is 0 Å². The van der Waals surface area contributed by atoms with Crippen LogP contribution in [0, 0.1) is 0 Å². The smallest absolute Gasteiger partial charge is 0.320 e. The molecule has 6 heteroatoms. The zero-order valence-electron chi connectivity index (χ0n) is 11.7. The summed E-state index contributed by atoms with van der Waals surface area (Å²) in [4.78, 5) is 25.8. The number of hydrogen-bond acceptors (Lipinski definition) is 3. The second-order valence-electron chi connectivity index (χ2n) is 4.33. The topological polar surface area (TPSA) is 70.1 Å². The predicted octanol–water partition coefficient (Wildman–Crippen LogP) is 1.26. The van der Waals surface area contributed by atoms with E-state index in [9.17, 15) is 9.59 Å². The molecule has 18 heavy (non-hydrogen) atoms. The number of carboxylic acid groups (broad SMARTS) is 1. The standard InChI is InChI=1S/C12H24N2O4/c1-5-18-9-8-13(4)12(17)14(10(2)3)7-6-11(15)16/h10H,5-9H2,1-4H3,(H,15,16). The van der Waals surface area contributed by atoms with Crippen molar-refractivity contribution in [3.63, 3.8) is 0 Å². The molecule has 0 aromatic heterocycles. The second kappa shape index (κ2) is 8.74. The van der Waals surface area contributed by atoms with Gasteiger partial charge in [0.1, 0.15) is 0 Å². The van der Waals surface area contributed by atoms with Gasteiger partial charge in [-0.25, -0.2) is 4.79 Å². The van der Waals surface area contributed by atoms with E-state index in [-0.39, 0.29) is 25.0 Å². The lowest BCUT2D eigenvalue weighted by Gasteiger charge is -2.30. The van der Waals surface area contributed by atoms with E-state index in [0.29, 0.717) is 19.8 Å². The lowest BCUT2D eigenvalue weighted by Crippen LogP contribution is -2.46. The van der Waals surface area contributed by atoms with Gasteiger partial charge in [-0.15, -0.1) is 0 Å². The quantitative estimate of drug-likeness (QED) is 0.667. The maximum atomic E-state index is 12.1. The van der Waals surface area contributed by atoms with Crippen molar-refractivity contribution >= 4 is 12.0 Å². The van der Waals surface area contributed by atoms with Gasteiger partial charge in [0.05, 0.1) is 13.0 Å². The van der Waals surface area contributed by atoms with E-state index < -0.39 is 5.97 Å². The minimum absolute atomic E-state index is 0.0219. The Kier molecular flexibility index (Phi) is 8.11. The van der Waals surface area contributed by atoms with Gasteiger partial charge in [0.25, 0.3) is 0 Å². The van der Waals surface area contributed by atoms with Gasteiger partial charge in [-0.3, -0.25) is 4.79 Å². The molecule has 2 amide bonds. The van der Waals surface area contributed by atoms with E-state index in [4.69, 9.17) is 9.84 Å². The first-order valence-corrected chi connectivity index (χ1v) is 6.21. The Hall–Kier alpha value is -1.30. The molecule has 0 aliphatic heterocycles. The number of aliphatic carboxylic acids is 1. The van der Waals surface area contributed by atoms with Crippen LogP contribution in [0.2, 0.25) is 0 Å². The predicted molar refractivity (Wildman–Crippen MR) is 68.6 cm³/mol. The van der Waals surface area contributed by atoms with Crippen molar-refractivity contribution in [2.75, 3.05) is 33.4 Å². The van der Waals surface area contributed by atoms with Crippen molar-refractivity contribution in [3.05, 3.63) is 0 Å². The Morgan fingerprint density at radius 2 is 1.89 bits per heavy atom. The maximum absolute atomic E-state index is 12.1. The van der Waals surface area contributed by atoms with Crippen molar-refractivity contribution in [2.24, 2.45) is 0 Å². The summed E-state index contributed by atoms with van der Waals surface area (Å²) in [7, 11) is 1.69. The van der Waals surface area contributed by atoms with E-state index in [1.54, 1.807) is 16.8 Å². The Bertz CT molecular complexity index is 269. The molecule has 0 radical (unpaired) electrons. The van der Waals surface area contributed by atoms with Crippen LogP contribution in [0.15, 0.2) is 0 Å². The van der Waals surface area contributed by atoms with E-state index >= 15 is 0 Å². The number of carbonyl (C=O) groups is 2. The summed E-state index contributed by atoms with van der Waals surface area (Å²) < 4.78 is 5.19. The van der Waals surface area contributed by atoms with Crippen LogP contribution in [0.4, 0.5) is 4.79 Å². The molecule has 0 fully saturated rings. The highest BCUT2D eigenvalue weighted by Gasteiger charge is 2.21. The monoisotopic (exact) mass is 260 g/mol. The molecule has 0 saturated heterocycles. The number of hydrogen-bond donors (Lipinski definition) is 1. The fraction of sp³-hybridized carbons (Fsp3) is 0.833. The van der Waals surface area contributed by atoms with Gasteiger partial charge < -0.3 is 19.6 Å². The average Bonchev–Trinajstić information content (AvgIpc) is 2.28. The van der Waals surface area contributed by atoms with Crippen molar-refractivity contribution < 1.29 is 19.4 Å². The van der Waals surface area contributed by atoms with Crippen molar-refractivity contribution in [1.29, 1.82) is 0 Å². The average molecular weight is 260 g/mol. The number of urea groups is 1. The first kappa shape index (κ1) is 16.7. The Morgan fingerprint density at radius 1 is 1.28 bits per heavy atom. The first-order valence-electron chi connectivity index (χ1n) is 6.21. The molecule has 106 valence electrons. The van der Waals surface area contributed by atoms with Gasteiger partial charge in [-0.05, 0) is 20.8 Å². The number of carbonyl (C=O) groups excluding carboxylic acids is 1. The number of likely N-dealkylation sites (N-methyl/N-ethyl adjacent to an activating group) is 1. The largest absolute Gasteiger partial charge is 0.481 e. The highest BCUT2D eigenvalue weighted by molar-refractivity contribution is 5.75. The summed E-state index contributed by atoms with van der Waals surface area (Å²) in [5, 5.41) is 8.67. The van der Waals surface area contributed by atoms with Crippen LogP contribution < -0.4 is 0 Å². The number of nitrogens with zero attached hydrogens (tertiary/aromatic N) is 2. The van der Waals surface area contributed by atoms with Crippen LogP contribution in [0.25, 0.3) is 0 Å². The SMILES string of the molecule is CCOCCN(C)C(=O)N(CCC(=O)O)C(C)C. The number of ether oxygens (including phenoxy) is 1. The van der Waals surface area contributed by atoms with Gasteiger partial charge in [0, 0.05) is 32.8 Å². The number of amides is 2. The van der Waals surface area contributed by atoms with Crippen molar-refractivity contribution in [1.82, 2.24) is 9.80 Å². The summed E-state index contributed by atoms with van der Waals surface area (Å²) >= 11 is 0. The molecule has 0 rings (SSSR count). The lowest BCUT2D eigenvalue weighted by molar-refractivity contribution is -0.137. The molecule has 1 N–H and O–H groups in total. The molecule has 6 nitrogen and oxygen atoms in total. The summed E-state index contributed by atoms with van der Waals surface area (Å²) in [6.07, 6.45) is -0.0385. The molecule has 0 spiro atoms. The van der Waals surface area contributed by atoms with E-state index in [1.807, 2.05) is 20.8 Å². The van der Waals surface area contributed by atoms with Crippen molar-refractivity contribution in [2.45, 2.75) is 33.2 Å². The molecular weight excluding hydrogens is 236 g/mol. The van der Waals surface area contributed by atoms with Gasteiger partial charge in [0.15, 0.2) is 0 Å². The number of rotatable bonds is 8. The van der Waals surface area contributed by atoms with Gasteiger partial charge >= 0.3 is 12.0 Å². The molecular formula is C12H24N2O4. The Morgan fingerprint density at radius 3 is 2.33 bits per heavy atom. The van der Waals surface area contributed by atoms with Crippen LogP contribution in [-0.2, 0) is 9.53 Å². The van der Waals surface area contributed by atoms with Crippen LogP contribution >= 0.6 is 0 Å². The molecule has 0 heterocycles. The molecule has 0 unspecified atom stereocenters. The summed E-state index contributed by atoms with van der Waals surface area (Å²) in [5.74, 6) is -0.898. The third-order valence-corrected chi connectivity index (χ3v) is 2.54. The summed E-state index contributed by atoms with van der Waals surface area (Å²) in [6, 6.07) is -0.183. The van der Waals surface area contributed by atoms with Crippen LogP contribution in [0.5, 0.6) is 0 Å². The molecule has 0 aromatic carbocycles. The Labute approximate surface area is 109 Å². The molecule has 0 aliphatic rings. The lowest BCUT2D eigenvalue weighted by atomic mass is 10.3. The van der Waals surface area contributed by atoms with Gasteiger partial charge in [0.2, 0.25) is 0 Å². The molecule has 0 saturated carbocycles. The zero-order valence-corrected chi connectivity index (χ0v) is 11.7. The van der Waals surface area contributed by atoms with Gasteiger partial charge in [-0.1, -0.05) is 0 Å². The van der Waals surface area contributed by atoms with Crippen molar-refractivity contribution in [3.8, 4) is 0 Å². The molecule has 0 aliphatic carbocycles. The second-order valence-corrected chi connectivity index (χ2v) is 4.33. The van der Waals surface area contributed by atoms with Crippen LogP contribution in [0.3, 0.4) is 0 Å². The van der Waals surface area contributed by atoms with E-state index in [0.717, 1.165) is 0 Å². The normalized spacial score (nSPS) is 10.5. The molecule has 0 aromatic rings. The fourth-order valence-electron chi connectivity index (χ4n) is 1.45. The molecule has 0 atom stereocenters. The number of carboxylic acids is 1. The minimum atomic E-state index is -0.898. The highest BCUT2D eigenvalue weighted by atomic mass is 16.5. The first-order chi connectivity index (χ1) is 8.40. The van der Waals surface area contributed by atoms with Gasteiger partial charge in [-0.2, -0.15) is 0 Å². The Balaban J connectivity index is 4.31. The fourth-order valence-corrected chi connectivity index (χ4v) is 1.45. The summed E-state index contributed by atoms with van der Waals surface area (Å²) in [6.45, 7) is 7.48. The third-order valence-electron chi connectivity index (χ3n) is 2.54. The zero-order chi connectivity index (χ0) is 14.1. The third kappa shape index (κ3) is 6.44. The molecule has 0 bridgehead atoms. The summed E-state index contributed by atoms with van der Waals surface area (Å²) in [5.41, 5.74) is 0. The maximum Gasteiger partial charge on any atom is 0.320 e. The van der Waals surface area contributed by atoms with E-state index in [2.05, 4.69) is 0 Å². The minimum Gasteiger partial charge on any atom is -0.481 e. The highest BCUT2D eigenvalue weighted by Crippen LogP contribution is 2.04.